The molecular formula is C17H17F2NO2. The summed E-state index contributed by atoms with van der Waals surface area (Å²) in [5.41, 5.74) is 1.76. The highest BCUT2D eigenvalue weighted by Crippen LogP contribution is 2.26. The molecule has 116 valence electrons. The molecule has 0 radical (unpaired) electrons. The number of carbonyl (C=O) groups excluding carboxylic acids is 1. The standard InChI is InChI=1S/C17H17F2NO2/c1-10-4-5-16(22-3)15(6-10)11(2)20-17(21)12-7-13(18)9-14(19)8-12/h4-9,11H,1-3H3,(H,20,21)/t11-/m0/s1. The van der Waals surface area contributed by atoms with Crippen LogP contribution >= 0.6 is 0 Å². The van der Waals surface area contributed by atoms with Crippen LogP contribution in [0.25, 0.3) is 0 Å². The number of benzene rings is 2. The highest BCUT2D eigenvalue weighted by Gasteiger charge is 2.16. The normalized spacial score (nSPS) is 11.9. The molecule has 0 bridgehead atoms. The zero-order valence-corrected chi connectivity index (χ0v) is 12.6. The highest BCUT2D eigenvalue weighted by molar-refractivity contribution is 5.94. The maximum atomic E-state index is 13.2. The van der Waals surface area contributed by atoms with E-state index in [1.165, 1.54) is 0 Å². The van der Waals surface area contributed by atoms with Crippen molar-refractivity contribution in [3.05, 3.63) is 64.7 Å². The first-order chi connectivity index (χ1) is 10.4. The molecule has 0 heterocycles. The van der Waals surface area contributed by atoms with Gasteiger partial charge in [-0.2, -0.15) is 0 Å². The molecule has 0 aliphatic heterocycles. The van der Waals surface area contributed by atoms with Crippen molar-refractivity contribution in [1.82, 2.24) is 5.32 Å². The van der Waals surface area contributed by atoms with Gasteiger partial charge in [-0.1, -0.05) is 17.7 Å². The molecule has 2 aromatic rings. The van der Waals surface area contributed by atoms with E-state index >= 15 is 0 Å². The van der Waals surface area contributed by atoms with E-state index in [9.17, 15) is 13.6 Å². The summed E-state index contributed by atoms with van der Waals surface area (Å²) in [6, 6.07) is 7.97. The molecule has 1 N–H and O–H groups in total. The van der Waals surface area contributed by atoms with Crippen LogP contribution in [0.1, 0.15) is 34.5 Å². The number of halogens is 2. The molecular weight excluding hydrogens is 288 g/mol. The minimum Gasteiger partial charge on any atom is -0.496 e. The molecule has 2 aromatic carbocycles. The Morgan fingerprint density at radius 1 is 1.14 bits per heavy atom. The quantitative estimate of drug-likeness (QED) is 0.933. The van der Waals surface area contributed by atoms with Crippen molar-refractivity contribution in [3.8, 4) is 5.75 Å². The number of carbonyl (C=O) groups is 1. The third kappa shape index (κ3) is 3.61. The van der Waals surface area contributed by atoms with Gasteiger partial charge in [0, 0.05) is 17.2 Å². The molecule has 1 atom stereocenters. The Morgan fingerprint density at radius 2 is 1.77 bits per heavy atom. The second kappa shape index (κ2) is 6.56. The van der Waals surface area contributed by atoms with E-state index in [2.05, 4.69) is 5.32 Å². The SMILES string of the molecule is COc1ccc(C)cc1[C@H](C)NC(=O)c1cc(F)cc(F)c1. The van der Waals surface area contributed by atoms with Gasteiger partial charge in [0.05, 0.1) is 13.2 Å². The van der Waals surface area contributed by atoms with E-state index in [1.54, 1.807) is 14.0 Å². The Hall–Kier alpha value is -2.43. The van der Waals surface area contributed by atoms with Gasteiger partial charge in [0.15, 0.2) is 0 Å². The highest BCUT2D eigenvalue weighted by atomic mass is 19.1. The smallest absolute Gasteiger partial charge is 0.251 e. The topological polar surface area (TPSA) is 38.3 Å². The zero-order chi connectivity index (χ0) is 16.3. The molecule has 0 aromatic heterocycles. The fraction of sp³-hybridized carbons (Fsp3) is 0.235. The molecule has 0 saturated carbocycles. The number of hydrogen-bond donors (Lipinski definition) is 1. The summed E-state index contributed by atoms with van der Waals surface area (Å²) in [4.78, 5) is 12.1. The fourth-order valence-electron chi connectivity index (χ4n) is 2.23. The average molecular weight is 305 g/mol. The fourth-order valence-corrected chi connectivity index (χ4v) is 2.23. The number of rotatable bonds is 4. The summed E-state index contributed by atoms with van der Waals surface area (Å²) in [5.74, 6) is -1.48. The summed E-state index contributed by atoms with van der Waals surface area (Å²) < 4.78 is 31.6. The Balaban J connectivity index is 2.23. The molecule has 0 saturated heterocycles. The molecule has 1 amide bonds. The van der Waals surface area contributed by atoms with Gasteiger partial charge in [0.1, 0.15) is 17.4 Å². The molecule has 5 heteroatoms. The Kier molecular flexibility index (Phi) is 4.75. The molecule has 0 unspecified atom stereocenters. The van der Waals surface area contributed by atoms with E-state index in [0.717, 1.165) is 29.3 Å². The minimum absolute atomic E-state index is 0.0593. The number of nitrogens with one attached hydrogen (secondary N) is 1. The van der Waals surface area contributed by atoms with Crippen LogP contribution < -0.4 is 10.1 Å². The van der Waals surface area contributed by atoms with Crippen LogP contribution in [0.15, 0.2) is 36.4 Å². The lowest BCUT2D eigenvalue weighted by atomic mass is 10.0. The van der Waals surface area contributed by atoms with Crippen LogP contribution in [0.5, 0.6) is 5.75 Å². The summed E-state index contributed by atoms with van der Waals surface area (Å²) in [6.07, 6.45) is 0. The van der Waals surface area contributed by atoms with Crippen molar-refractivity contribution in [2.45, 2.75) is 19.9 Å². The molecule has 0 aliphatic rings. The zero-order valence-electron chi connectivity index (χ0n) is 12.6. The van der Waals surface area contributed by atoms with Crippen molar-refractivity contribution in [2.75, 3.05) is 7.11 Å². The first-order valence-corrected chi connectivity index (χ1v) is 6.82. The lowest BCUT2D eigenvalue weighted by Crippen LogP contribution is -2.27. The Morgan fingerprint density at radius 3 is 2.36 bits per heavy atom. The molecule has 0 aliphatic carbocycles. The first-order valence-electron chi connectivity index (χ1n) is 6.82. The van der Waals surface area contributed by atoms with Crippen LogP contribution in [0, 0.1) is 18.6 Å². The third-order valence-electron chi connectivity index (χ3n) is 3.32. The van der Waals surface area contributed by atoms with Crippen molar-refractivity contribution < 1.29 is 18.3 Å². The lowest BCUT2D eigenvalue weighted by molar-refractivity contribution is 0.0938. The van der Waals surface area contributed by atoms with Gasteiger partial charge < -0.3 is 10.1 Å². The first kappa shape index (κ1) is 15.9. The summed E-state index contributed by atoms with van der Waals surface area (Å²) in [6.45, 7) is 3.71. The van der Waals surface area contributed by atoms with E-state index in [1.807, 2.05) is 25.1 Å². The predicted octanol–water partition coefficient (Wildman–Crippen LogP) is 3.77. The van der Waals surface area contributed by atoms with E-state index in [4.69, 9.17) is 4.74 Å². The van der Waals surface area contributed by atoms with Gasteiger partial charge in [-0.05, 0) is 32.0 Å². The van der Waals surface area contributed by atoms with Crippen LogP contribution in [0.3, 0.4) is 0 Å². The van der Waals surface area contributed by atoms with Crippen molar-refractivity contribution in [3.63, 3.8) is 0 Å². The van der Waals surface area contributed by atoms with E-state index in [-0.39, 0.29) is 11.6 Å². The maximum Gasteiger partial charge on any atom is 0.251 e. The molecule has 22 heavy (non-hydrogen) atoms. The van der Waals surface area contributed by atoms with Gasteiger partial charge in [0.2, 0.25) is 0 Å². The molecule has 3 nitrogen and oxygen atoms in total. The minimum atomic E-state index is -0.786. The predicted molar refractivity (Wildman–Crippen MR) is 80.0 cm³/mol. The number of hydrogen-bond acceptors (Lipinski definition) is 2. The van der Waals surface area contributed by atoms with Gasteiger partial charge in [-0.3, -0.25) is 4.79 Å². The lowest BCUT2D eigenvalue weighted by Gasteiger charge is -2.18. The summed E-state index contributed by atoms with van der Waals surface area (Å²) in [7, 11) is 1.55. The van der Waals surface area contributed by atoms with Gasteiger partial charge in [0.25, 0.3) is 5.91 Å². The van der Waals surface area contributed by atoms with Crippen molar-refractivity contribution in [1.29, 1.82) is 0 Å². The maximum absolute atomic E-state index is 13.2. The second-order valence-corrected chi connectivity index (χ2v) is 5.10. The average Bonchev–Trinajstić information content (AvgIpc) is 2.46. The van der Waals surface area contributed by atoms with Crippen LogP contribution in [-0.4, -0.2) is 13.0 Å². The largest absolute Gasteiger partial charge is 0.496 e. The second-order valence-electron chi connectivity index (χ2n) is 5.10. The third-order valence-corrected chi connectivity index (χ3v) is 3.32. The summed E-state index contributed by atoms with van der Waals surface area (Å²) in [5, 5.41) is 2.72. The number of ether oxygens (including phenoxy) is 1. The van der Waals surface area contributed by atoms with Crippen LogP contribution in [0.2, 0.25) is 0 Å². The van der Waals surface area contributed by atoms with Crippen molar-refractivity contribution in [2.24, 2.45) is 0 Å². The van der Waals surface area contributed by atoms with E-state index < -0.39 is 17.5 Å². The van der Waals surface area contributed by atoms with Gasteiger partial charge >= 0.3 is 0 Å². The van der Waals surface area contributed by atoms with Crippen LogP contribution in [-0.2, 0) is 0 Å². The number of aryl methyl sites for hydroxylation is 1. The molecule has 2 rings (SSSR count). The molecule has 0 spiro atoms. The monoisotopic (exact) mass is 305 g/mol. The van der Waals surface area contributed by atoms with Gasteiger partial charge in [-0.25, -0.2) is 8.78 Å². The number of amides is 1. The number of methoxy groups -OCH3 is 1. The Bertz CT molecular complexity index is 681. The van der Waals surface area contributed by atoms with E-state index in [0.29, 0.717) is 5.75 Å². The van der Waals surface area contributed by atoms with Crippen LogP contribution in [0.4, 0.5) is 8.78 Å². The Labute approximate surface area is 127 Å². The summed E-state index contributed by atoms with van der Waals surface area (Å²) >= 11 is 0. The van der Waals surface area contributed by atoms with Gasteiger partial charge in [-0.15, -0.1) is 0 Å². The van der Waals surface area contributed by atoms with Crippen molar-refractivity contribution >= 4 is 5.91 Å². The molecule has 0 fully saturated rings.